The molecule has 0 atom stereocenters. The van der Waals surface area contributed by atoms with E-state index < -0.39 is 0 Å². The van der Waals surface area contributed by atoms with Crippen LogP contribution < -0.4 is 5.32 Å². The average Bonchev–Trinajstić information content (AvgIpc) is 2.37. The minimum atomic E-state index is 0.433. The number of hydrogen-bond donors (Lipinski definition) is 1. The van der Waals surface area contributed by atoms with Crippen LogP contribution in [0.1, 0.15) is 19.7 Å². The molecule has 1 aromatic heterocycles. The summed E-state index contributed by atoms with van der Waals surface area (Å²) in [6.07, 6.45) is 1.81. The zero-order valence-corrected chi connectivity index (χ0v) is 12.1. The normalized spacial score (nSPS) is 10.9. The number of rotatable bonds is 4. The summed E-state index contributed by atoms with van der Waals surface area (Å²) in [6, 6.07) is 10.5. The van der Waals surface area contributed by atoms with Crippen molar-refractivity contribution in [3.05, 3.63) is 46.8 Å². The molecule has 0 saturated carbocycles. The van der Waals surface area contributed by atoms with Crippen LogP contribution in [0.3, 0.4) is 0 Å². The Kier molecular flexibility index (Phi) is 4.44. The van der Waals surface area contributed by atoms with Crippen LogP contribution in [0.15, 0.2) is 41.0 Å². The zero-order chi connectivity index (χ0) is 13.0. The van der Waals surface area contributed by atoms with Crippen molar-refractivity contribution in [3.63, 3.8) is 0 Å². The van der Waals surface area contributed by atoms with Gasteiger partial charge in [0.15, 0.2) is 0 Å². The van der Waals surface area contributed by atoms with Gasteiger partial charge in [0.05, 0.1) is 12.2 Å². The van der Waals surface area contributed by atoms with Gasteiger partial charge in [0.1, 0.15) is 5.82 Å². The molecule has 0 bridgehead atoms. The summed E-state index contributed by atoms with van der Waals surface area (Å²) < 4.78 is 1.06. The average molecular weight is 306 g/mol. The number of halogens is 1. The van der Waals surface area contributed by atoms with Crippen LogP contribution >= 0.6 is 15.9 Å². The second kappa shape index (κ2) is 6.07. The second-order valence-electron chi connectivity index (χ2n) is 4.40. The van der Waals surface area contributed by atoms with Crippen LogP contribution in [-0.2, 0) is 6.54 Å². The molecular formula is C14H16BrN3. The highest BCUT2D eigenvalue weighted by molar-refractivity contribution is 9.10. The molecule has 0 fully saturated rings. The molecule has 1 N–H and O–H groups in total. The summed E-state index contributed by atoms with van der Waals surface area (Å²) in [6.45, 7) is 4.91. The van der Waals surface area contributed by atoms with E-state index >= 15 is 0 Å². The monoisotopic (exact) mass is 305 g/mol. The summed E-state index contributed by atoms with van der Waals surface area (Å²) >= 11 is 3.47. The van der Waals surface area contributed by atoms with Gasteiger partial charge in [0.2, 0.25) is 0 Å². The molecule has 0 aliphatic carbocycles. The Morgan fingerprint density at radius 2 is 2.11 bits per heavy atom. The molecule has 3 nitrogen and oxygen atoms in total. The predicted octanol–water partition coefficient (Wildman–Crippen LogP) is 3.40. The van der Waals surface area contributed by atoms with E-state index in [0.29, 0.717) is 12.6 Å². The van der Waals surface area contributed by atoms with Gasteiger partial charge in [0.25, 0.3) is 0 Å². The fourth-order valence-corrected chi connectivity index (χ4v) is 1.99. The highest BCUT2D eigenvalue weighted by Crippen LogP contribution is 2.20. The third kappa shape index (κ3) is 3.62. The van der Waals surface area contributed by atoms with Gasteiger partial charge in [-0.25, -0.2) is 9.97 Å². The minimum Gasteiger partial charge on any atom is -0.308 e. The molecule has 0 radical (unpaired) electrons. The van der Waals surface area contributed by atoms with Crippen molar-refractivity contribution in [2.24, 2.45) is 0 Å². The zero-order valence-electron chi connectivity index (χ0n) is 10.5. The highest BCUT2D eigenvalue weighted by atomic mass is 79.9. The lowest BCUT2D eigenvalue weighted by Gasteiger charge is -2.08. The Morgan fingerprint density at radius 1 is 1.28 bits per heavy atom. The van der Waals surface area contributed by atoms with Gasteiger partial charge in [-0.3, -0.25) is 0 Å². The first-order chi connectivity index (χ1) is 8.65. The van der Waals surface area contributed by atoms with Crippen molar-refractivity contribution in [2.75, 3.05) is 0 Å². The molecule has 0 aliphatic heterocycles. The first-order valence-electron chi connectivity index (χ1n) is 5.96. The molecule has 1 heterocycles. The lowest BCUT2D eigenvalue weighted by atomic mass is 10.1. The Hall–Kier alpha value is -1.26. The van der Waals surface area contributed by atoms with Crippen molar-refractivity contribution < 1.29 is 0 Å². The topological polar surface area (TPSA) is 37.8 Å². The number of nitrogens with one attached hydrogen (secondary N) is 1. The van der Waals surface area contributed by atoms with E-state index in [4.69, 9.17) is 0 Å². The van der Waals surface area contributed by atoms with Crippen LogP contribution in [0, 0.1) is 0 Å². The molecule has 0 spiro atoms. The predicted molar refractivity (Wildman–Crippen MR) is 77.1 cm³/mol. The number of benzene rings is 1. The van der Waals surface area contributed by atoms with E-state index in [2.05, 4.69) is 51.1 Å². The molecule has 0 saturated heterocycles. The quantitative estimate of drug-likeness (QED) is 0.940. The Bertz CT molecular complexity index is 526. The summed E-state index contributed by atoms with van der Waals surface area (Å²) in [5, 5.41) is 3.32. The Morgan fingerprint density at radius 3 is 2.83 bits per heavy atom. The molecule has 4 heteroatoms. The van der Waals surface area contributed by atoms with Gasteiger partial charge >= 0.3 is 0 Å². The van der Waals surface area contributed by atoms with Crippen LogP contribution in [0.5, 0.6) is 0 Å². The molecule has 0 aliphatic rings. The lowest BCUT2D eigenvalue weighted by Crippen LogP contribution is -2.23. The van der Waals surface area contributed by atoms with Crippen LogP contribution in [0.2, 0.25) is 0 Å². The molecule has 18 heavy (non-hydrogen) atoms. The van der Waals surface area contributed by atoms with Gasteiger partial charge in [0, 0.05) is 22.3 Å². The van der Waals surface area contributed by atoms with Crippen molar-refractivity contribution in [1.82, 2.24) is 15.3 Å². The summed E-state index contributed by atoms with van der Waals surface area (Å²) in [5.41, 5.74) is 2.05. The summed E-state index contributed by atoms with van der Waals surface area (Å²) in [4.78, 5) is 8.84. The molecule has 94 valence electrons. The third-order valence-electron chi connectivity index (χ3n) is 2.49. The highest BCUT2D eigenvalue weighted by Gasteiger charge is 2.03. The SMILES string of the molecule is CC(C)NCc1nccc(-c2cccc(Br)c2)n1. The number of aromatic nitrogens is 2. The molecule has 0 unspecified atom stereocenters. The van der Waals surface area contributed by atoms with E-state index in [1.165, 1.54) is 0 Å². The maximum absolute atomic E-state index is 4.56. The summed E-state index contributed by atoms with van der Waals surface area (Å²) in [5.74, 6) is 0.821. The molecule has 2 aromatic rings. The molecule has 0 amide bonds. The molecule has 1 aromatic carbocycles. The van der Waals surface area contributed by atoms with E-state index in [-0.39, 0.29) is 0 Å². The van der Waals surface area contributed by atoms with Crippen molar-refractivity contribution in [2.45, 2.75) is 26.4 Å². The van der Waals surface area contributed by atoms with E-state index in [1.54, 1.807) is 6.20 Å². The standard InChI is InChI=1S/C14H16BrN3/c1-10(2)17-9-14-16-7-6-13(18-14)11-4-3-5-12(15)8-11/h3-8,10,17H,9H2,1-2H3. The first-order valence-corrected chi connectivity index (χ1v) is 6.75. The number of nitrogens with zero attached hydrogens (tertiary/aromatic N) is 2. The maximum Gasteiger partial charge on any atom is 0.142 e. The van der Waals surface area contributed by atoms with E-state index in [0.717, 1.165) is 21.6 Å². The summed E-state index contributed by atoms with van der Waals surface area (Å²) in [7, 11) is 0. The number of hydrogen-bond acceptors (Lipinski definition) is 3. The molecule has 2 rings (SSSR count). The van der Waals surface area contributed by atoms with Gasteiger partial charge in [-0.2, -0.15) is 0 Å². The van der Waals surface area contributed by atoms with E-state index in [9.17, 15) is 0 Å². The maximum atomic E-state index is 4.56. The third-order valence-corrected chi connectivity index (χ3v) is 2.99. The fraction of sp³-hybridized carbons (Fsp3) is 0.286. The van der Waals surface area contributed by atoms with Gasteiger partial charge in [-0.1, -0.05) is 41.9 Å². The smallest absolute Gasteiger partial charge is 0.142 e. The van der Waals surface area contributed by atoms with E-state index in [1.807, 2.05) is 24.3 Å². The Balaban J connectivity index is 2.21. The first kappa shape index (κ1) is 13.2. The Labute approximate surface area is 116 Å². The van der Waals surface area contributed by atoms with Gasteiger partial charge in [-0.05, 0) is 18.2 Å². The lowest BCUT2D eigenvalue weighted by molar-refractivity contribution is 0.572. The largest absolute Gasteiger partial charge is 0.308 e. The van der Waals surface area contributed by atoms with Crippen molar-refractivity contribution in [3.8, 4) is 11.3 Å². The van der Waals surface area contributed by atoms with Crippen molar-refractivity contribution in [1.29, 1.82) is 0 Å². The van der Waals surface area contributed by atoms with Crippen LogP contribution in [0.25, 0.3) is 11.3 Å². The van der Waals surface area contributed by atoms with Crippen LogP contribution in [0.4, 0.5) is 0 Å². The van der Waals surface area contributed by atoms with Crippen LogP contribution in [-0.4, -0.2) is 16.0 Å². The molecular weight excluding hydrogens is 290 g/mol. The second-order valence-corrected chi connectivity index (χ2v) is 5.32. The minimum absolute atomic E-state index is 0.433. The van der Waals surface area contributed by atoms with Gasteiger partial charge < -0.3 is 5.32 Å². The van der Waals surface area contributed by atoms with Crippen molar-refractivity contribution >= 4 is 15.9 Å². The fourth-order valence-electron chi connectivity index (χ4n) is 1.59. The van der Waals surface area contributed by atoms with Gasteiger partial charge in [-0.15, -0.1) is 0 Å².